The molecule has 3 aromatic rings. The van der Waals surface area contributed by atoms with E-state index in [1.807, 2.05) is 54.6 Å². The maximum atomic E-state index is 12.8. The maximum Gasteiger partial charge on any atom is 0.270 e. The largest absolute Gasteiger partial charge is 0.496 e. The van der Waals surface area contributed by atoms with Crippen molar-refractivity contribution < 1.29 is 9.53 Å². The molecule has 28 heavy (non-hydrogen) atoms. The second-order valence-electron chi connectivity index (χ2n) is 6.74. The molecule has 1 amide bonds. The number of rotatable bonds is 7. The van der Waals surface area contributed by atoms with Crippen LogP contribution in [-0.2, 0) is 6.54 Å². The number of hydrogen-bond donors (Lipinski definition) is 2. The Balaban J connectivity index is 1.57. The summed E-state index contributed by atoms with van der Waals surface area (Å²) >= 11 is 0. The highest BCUT2D eigenvalue weighted by Gasteiger charge is 2.22. The summed E-state index contributed by atoms with van der Waals surface area (Å²) in [6, 6.07) is 19.4. The molecular formula is C22H22N4O2. The Morgan fingerprint density at radius 3 is 2.57 bits per heavy atom. The van der Waals surface area contributed by atoms with Crippen LogP contribution in [0.2, 0.25) is 0 Å². The number of ether oxygens (including phenoxy) is 1. The molecule has 1 aromatic heterocycles. The van der Waals surface area contributed by atoms with Crippen molar-refractivity contribution in [1.82, 2.24) is 15.3 Å². The molecule has 0 saturated heterocycles. The molecule has 142 valence electrons. The highest BCUT2D eigenvalue weighted by molar-refractivity contribution is 5.93. The highest BCUT2D eigenvalue weighted by Crippen LogP contribution is 2.25. The normalized spacial score (nSPS) is 13.0. The second-order valence-corrected chi connectivity index (χ2v) is 6.74. The van der Waals surface area contributed by atoms with Crippen molar-refractivity contribution in [2.45, 2.75) is 25.4 Å². The van der Waals surface area contributed by atoms with Gasteiger partial charge in [0.05, 0.1) is 7.11 Å². The number of carbonyl (C=O) groups excluding carboxylic acids is 1. The number of para-hydroxylation sites is 1. The Bertz CT molecular complexity index is 971. The zero-order valence-electron chi connectivity index (χ0n) is 15.7. The SMILES string of the molecule is COc1ccccc1CNC(=O)c1cc(NC2CC2)nc(-c2ccccc2)n1. The molecule has 0 bridgehead atoms. The van der Waals surface area contributed by atoms with Crippen LogP contribution >= 0.6 is 0 Å². The Kier molecular flexibility index (Phi) is 5.19. The van der Waals surface area contributed by atoms with Crippen LogP contribution in [0.15, 0.2) is 60.7 Å². The number of nitrogens with one attached hydrogen (secondary N) is 2. The number of methoxy groups -OCH3 is 1. The molecule has 0 spiro atoms. The lowest BCUT2D eigenvalue weighted by molar-refractivity contribution is 0.0945. The number of nitrogens with zero attached hydrogens (tertiary/aromatic N) is 2. The molecule has 4 rings (SSSR count). The lowest BCUT2D eigenvalue weighted by Crippen LogP contribution is -2.24. The Hall–Kier alpha value is -3.41. The van der Waals surface area contributed by atoms with Crippen LogP contribution in [0.3, 0.4) is 0 Å². The van der Waals surface area contributed by atoms with Gasteiger partial charge in [0.2, 0.25) is 0 Å². The molecule has 6 heteroatoms. The van der Waals surface area contributed by atoms with Crippen LogP contribution in [0.1, 0.15) is 28.9 Å². The van der Waals surface area contributed by atoms with E-state index < -0.39 is 0 Å². The second kappa shape index (κ2) is 8.08. The lowest BCUT2D eigenvalue weighted by atomic mass is 10.2. The summed E-state index contributed by atoms with van der Waals surface area (Å²) in [6.07, 6.45) is 2.25. The molecule has 0 unspecified atom stereocenters. The fraction of sp³-hybridized carbons (Fsp3) is 0.227. The Morgan fingerprint density at radius 1 is 1.07 bits per heavy atom. The summed E-state index contributed by atoms with van der Waals surface area (Å²) < 4.78 is 5.34. The van der Waals surface area contributed by atoms with Gasteiger partial charge in [0.25, 0.3) is 5.91 Å². The summed E-state index contributed by atoms with van der Waals surface area (Å²) in [5.41, 5.74) is 2.12. The van der Waals surface area contributed by atoms with Crippen molar-refractivity contribution in [3.63, 3.8) is 0 Å². The summed E-state index contributed by atoms with van der Waals surface area (Å²) in [5, 5.41) is 6.29. The van der Waals surface area contributed by atoms with Crippen LogP contribution in [-0.4, -0.2) is 29.0 Å². The maximum absolute atomic E-state index is 12.8. The molecule has 0 aliphatic heterocycles. The van der Waals surface area contributed by atoms with Gasteiger partial charge in [0.15, 0.2) is 5.82 Å². The number of benzene rings is 2. The molecule has 0 atom stereocenters. The average Bonchev–Trinajstić information content (AvgIpc) is 3.56. The fourth-order valence-electron chi connectivity index (χ4n) is 2.91. The van der Waals surface area contributed by atoms with E-state index in [1.165, 1.54) is 0 Å². The van der Waals surface area contributed by atoms with Crippen molar-refractivity contribution in [2.24, 2.45) is 0 Å². The van der Waals surface area contributed by atoms with E-state index in [4.69, 9.17) is 4.74 Å². The molecule has 1 heterocycles. The monoisotopic (exact) mass is 374 g/mol. The average molecular weight is 374 g/mol. The standard InChI is InChI=1S/C22H22N4O2/c1-28-19-10-6-5-9-16(19)14-23-22(27)18-13-20(24-17-11-12-17)26-21(25-18)15-7-3-2-4-8-15/h2-10,13,17H,11-12,14H2,1H3,(H,23,27)(H,24,25,26). The summed E-state index contributed by atoms with van der Waals surface area (Å²) in [6.45, 7) is 0.360. The van der Waals surface area contributed by atoms with Crippen molar-refractivity contribution in [1.29, 1.82) is 0 Å². The lowest BCUT2D eigenvalue weighted by Gasteiger charge is -2.11. The minimum atomic E-state index is -0.246. The van der Waals surface area contributed by atoms with Crippen molar-refractivity contribution in [3.8, 4) is 17.1 Å². The van der Waals surface area contributed by atoms with E-state index in [0.717, 1.165) is 29.7 Å². The molecule has 2 aromatic carbocycles. The van der Waals surface area contributed by atoms with Gasteiger partial charge < -0.3 is 15.4 Å². The quantitative estimate of drug-likeness (QED) is 0.660. The minimum absolute atomic E-state index is 0.246. The number of amides is 1. The van der Waals surface area contributed by atoms with Gasteiger partial charge in [-0.05, 0) is 18.9 Å². The van der Waals surface area contributed by atoms with E-state index >= 15 is 0 Å². The van der Waals surface area contributed by atoms with Crippen molar-refractivity contribution >= 4 is 11.7 Å². The predicted octanol–water partition coefficient (Wildman–Crippen LogP) is 3.66. The molecule has 1 aliphatic rings. The topological polar surface area (TPSA) is 76.1 Å². The van der Waals surface area contributed by atoms with E-state index in [2.05, 4.69) is 20.6 Å². The fourth-order valence-corrected chi connectivity index (χ4v) is 2.91. The van der Waals surface area contributed by atoms with Gasteiger partial charge in [-0.2, -0.15) is 0 Å². The summed E-state index contributed by atoms with van der Waals surface area (Å²) in [5.74, 6) is 1.71. The van der Waals surface area contributed by atoms with E-state index in [9.17, 15) is 4.79 Å². The van der Waals surface area contributed by atoms with Gasteiger partial charge in [0, 0.05) is 29.8 Å². The molecule has 1 fully saturated rings. The van der Waals surface area contributed by atoms with Gasteiger partial charge >= 0.3 is 0 Å². The van der Waals surface area contributed by atoms with Gasteiger partial charge in [-0.3, -0.25) is 4.79 Å². The Labute approximate surface area is 164 Å². The summed E-state index contributed by atoms with van der Waals surface area (Å²) in [4.78, 5) is 21.9. The smallest absolute Gasteiger partial charge is 0.270 e. The van der Waals surface area contributed by atoms with Gasteiger partial charge in [-0.1, -0.05) is 48.5 Å². The van der Waals surface area contributed by atoms with Crippen molar-refractivity contribution in [3.05, 3.63) is 71.9 Å². The Morgan fingerprint density at radius 2 is 1.82 bits per heavy atom. The first kappa shape index (κ1) is 18.0. The zero-order chi connectivity index (χ0) is 19.3. The number of anilines is 1. The van der Waals surface area contributed by atoms with E-state index in [1.54, 1.807) is 13.2 Å². The third kappa shape index (κ3) is 4.28. The van der Waals surface area contributed by atoms with Crippen LogP contribution < -0.4 is 15.4 Å². The van der Waals surface area contributed by atoms with Gasteiger partial charge in [-0.25, -0.2) is 9.97 Å². The van der Waals surface area contributed by atoms with Crippen LogP contribution in [0.25, 0.3) is 11.4 Å². The minimum Gasteiger partial charge on any atom is -0.496 e. The van der Waals surface area contributed by atoms with Gasteiger partial charge in [0.1, 0.15) is 17.3 Å². The number of aromatic nitrogens is 2. The molecule has 2 N–H and O–H groups in total. The molecule has 1 aliphatic carbocycles. The van der Waals surface area contributed by atoms with Crippen LogP contribution in [0.5, 0.6) is 5.75 Å². The van der Waals surface area contributed by atoms with Crippen molar-refractivity contribution in [2.75, 3.05) is 12.4 Å². The molecular weight excluding hydrogens is 352 g/mol. The molecule has 1 saturated carbocycles. The highest BCUT2D eigenvalue weighted by atomic mass is 16.5. The van der Waals surface area contributed by atoms with Crippen LogP contribution in [0, 0.1) is 0 Å². The van der Waals surface area contributed by atoms with E-state index in [0.29, 0.717) is 29.9 Å². The first-order valence-electron chi connectivity index (χ1n) is 9.34. The third-order valence-electron chi connectivity index (χ3n) is 4.55. The number of carbonyl (C=O) groups is 1. The zero-order valence-corrected chi connectivity index (χ0v) is 15.7. The predicted molar refractivity (Wildman–Crippen MR) is 108 cm³/mol. The first-order valence-corrected chi connectivity index (χ1v) is 9.34. The summed E-state index contributed by atoms with van der Waals surface area (Å²) in [7, 11) is 1.62. The number of hydrogen-bond acceptors (Lipinski definition) is 5. The third-order valence-corrected chi connectivity index (χ3v) is 4.55. The molecule has 0 radical (unpaired) electrons. The van der Waals surface area contributed by atoms with Gasteiger partial charge in [-0.15, -0.1) is 0 Å². The first-order chi connectivity index (χ1) is 13.7. The molecule has 6 nitrogen and oxygen atoms in total. The van der Waals surface area contributed by atoms with Crippen LogP contribution in [0.4, 0.5) is 5.82 Å². The van der Waals surface area contributed by atoms with E-state index in [-0.39, 0.29) is 5.91 Å².